The molecule has 10 nitrogen and oxygen atoms in total. The van der Waals surface area contributed by atoms with Crippen molar-refractivity contribution in [2.75, 3.05) is 58.3 Å². The first-order chi connectivity index (χ1) is 24.0. The Labute approximate surface area is 293 Å². The van der Waals surface area contributed by atoms with Crippen LogP contribution in [0.15, 0.2) is 47.8 Å². The van der Waals surface area contributed by atoms with Crippen molar-refractivity contribution in [3.8, 4) is 5.75 Å². The number of carboxylic acid groups (broad SMARTS) is 1. The van der Waals surface area contributed by atoms with Crippen LogP contribution in [0.2, 0.25) is 0 Å². The molecule has 3 fully saturated rings. The van der Waals surface area contributed by atoms with E-state index >= 15 is 0 Å². The van der Waals surface area contributed by atoms with Crippen LogP contribution in [0, 0.1) is 5.92 Å². The molecule has 2 saturated heterocycles. The van der Waals surface area contributed by atoms with Crippen molar-refractivity contribution in [3.63, 3.8) is 0 Å². The van der Waals surface area contributed by atoms with Gasteiger partial charge in [0.2, 0.25) is 5.91 Å². The molecule has 3 aromatic rings. The molecule has 1 aromatic heterocycles. The molecule has 2 aliphatic heterocycles. The van der Waals surface area contributed by atoms with Crippen molar-refractivity contribution in [3.05, 3.63) is 59.0 Å². The predicted octanol–water partition coefficient (Wildman–Crippen LogP) is 5.51. The van der Waals surface area contributed by atoms with Gasteiger partial charge in [-0.25, -0.2) is 0 Å². The minimum atomic E-state index is -4.24. The number of hydrogen-bond donors (Lipinski definition) is 2. The zero-order valence-electron chi connectivity index (χ0n) is 28.0. The van der Waals surface area contributed by atoms with Crippen molar-refractivity contribution in [1.29, 1.82) is 0 Å². The topological polar surface area (TPSA) is 112 Å². The molecule has 3 heterocycles. The molecule has 0 unspecified atom stereocenters. The van der Waals surface area contributed by atoms with E-state index in [0.29, 0.717) is 94.0 Å². The molecule has 2 amide bonds. The van der Waals surface area contributed by atoms with Gasteiger partial charge < -0.3 is 24.8 Å². The number of carboxylic acids is 1. The number of rotatable bonds is 11. The van der Waals surface area contributed by atoms with Gasteiger partial charge in [0.25, 0.3) is 5.91 Å². The quantitative estimate of drug-likeness (QED) is 0.267. The molecule has 2 atom stereocenters. The average Bonchev–Trinajstić information content (AvgIpc) is 3.73. The van der Waals surface area contributed by atoms with Crippen LogP contribution in [0.4, 0.5) is 18.9 Å². The highest BCUT2D eigenvalue weighted by Gasteiger charge is 2.40. The number of hydrogen-bond acceptors (Lipinski definition) is 8. The molecule has 14 heteroatoms. The summed E-state index contributed by atoms with van der Waals surface area (Å²) in [6.45, 7) is 1.42. The van der Waals surface area contributed by atoms with E-state index in [1.54, 1.807) is 18.2 Å². The first-order valence-corrected chi connectivity index (χ1v) is 18.0. The second-order valence-corrected chi connectivity index (χ2v) is 14.4. The zero-order valence-corrected chi connectivity index (χ0v) is 28.8. The van der Waals surface area contributed by atoms with Crippen molar-refractivity contribution in [2.45, 2.75) is 62.9 Å². The molecule has 0 bridgehead atoms. The molecule has 3 aliphatic rings. The number of anilines is 1. The van der Waals surface area contributed by atoms with Crippen LogP contribution in [0.5, 0.6) is 5.75 Å². The molecule has 2 N–H and O–H groups in total. The van der Waals surface area contributed by atoms with Crippen LogP contribution in [-0.4, -0.2) is 115 Å². The molecule has 270 valence electrons. The highest BCUT2D eigenvalue weighted by Crippen LogP contribution is 2.32. The highest BCUT2D eigenvalue weighted by atomic mass is 32.1. The largest absolute Gasteiger partial charge is 0.495 e. The monoisotopic (exact) mass is 716 g/mol. The fourth-order valence-corrected chi connectivity index (χ4v) is 8.39. The highest BCUT2D eigenvalue weighted by molar-refractivity contribution is 7.17. The maximum atomic E-state index is 13.9. The number of nitrogens with one attached hydrogen (secondary N) is 1. The fourth-order valence-electron chi connectivity index (χ4n) is 7.45. The Morgan fingerprint density at radius 3 is 2.46 bits per heavy atom. The number of alkyl halides is 3. The van der Waals surface area contributed by atoms with E-state index in [1.807, 2.05) is 34.5 Å². The van der Waals surface area contributed by atoms with Crippen LogP contribution >= 0.6 is 11.3 Å². The molecule has 50 heavy (non-hydrogen) atoms. The maximum Gasteiger partial charge on any atom is 0.401 e. The normalized spacial score (nSPS) is 23.6. The molecular weight excluding hydrogens is 673 g/mol. The lowest BCUT2D eigenvalue weighted by Gasteiger charge is -2.38. The number of carbonyl (C=O) groups is 3. The van der Waals surface area contributed by atoms with Crippen molar-refractivity contribution in [2.24, 2.45) is 5.92 Å². The van der Waals surface area contributed by atoms with E-state index in [0.717, 1.165) is 10.1 Å². The van der Waals surface area contributed by atoms with Gasteiger partial charge in [0.15, 0.2) is 0 Å². The number of aliphatic carboxylic acids is 1. The van der Waals surface area contributed by atoms with E-state index < -0.39 is 18.7 Å². The second-order valence-electron chi connectivity index (χ2n) is 13.5. The minimum Gasteiger partial charge on any atom is -0.495 e. The van der Waals surface area contributed by atoms with Crippen molar-refractivity contribution in [1.82, 2.24) is 14.7 Å². The van der Waals surface area contributed by atoms with Gasteiger partial charge in [0.1, 0.15) is 5.75 Å². The summed E-state index contributed by atoms with van der Waals surface area (Å²) in [5.41, 5.74) is 1.76. The van der Waals surface area contributed by atoms with Crippen LogP contribution in [0.1, 0.15) is 48.0 Å². The summed E-state index contributed by atoms with van der Waals surface area (Å²) in [7, 11) is 1.51. The Bertz CT molecular complexity index is 1670. The molecule has 0 spiro atoms. The second kappa shape index (κ2) is 15.7. The number of ether oxygens (including phenoxy) is 2. The third kappa shape index (κ3) is 8.76. The first-order valence-electron chi connectivity index (χ1n) is 17.1. The number of halogens is 3. The Morgan fingerprint density at radius 1 is 1.02 bits per heavy atom. The predicted molar refractivity (Wildman–Crippen MR) is 184 cm³/mol. The summed E-state index contributed by atoms with van der Waals surface area (Å²) in [4.78, 5) is 43.9. The van der Waals surface area contributed by atoms with Gasteiger partial charge in [-0.1, -0.05) is 24.3 Å². The van der Waals surface area contributed by atoms with Gasteiger partial charge in [-0.05, 0) is 55.9 Å². The number of amides is 2. The third-order valence-corrected chi connectivity index (χ3v) is 11.1. The van der Waals surface area contributed by atoms with Gasteiger partial charge in [-0.15, -0.1) is 11.3 Å². The van der Waals surface area contributed by atoms with E-state index in [4.69, 9.17) is 9.47 Å². The van der Waals surface area contributed by atoms with E-state index in [9.17, 15) is 32.7 Å². The van der Waals surface area contributed by atoms with Crippen LogP contribution in [0.25, 0.3) is 10.1 Å². The minimum absolute atomic E-state index is 0.0105. The summed E-state index contributed by atoms with van der Waals surface area (Å²) in [6.07, 6.45) is -1.18. The van der Waals surface area contributed by atoms with Gasteiger partial charge in [0, 0.05) is 54.2 Å². The maximum absolute atomic E-state index is 13.9. The van der Waals surface area contributed by atoms with E-state index in [1.165, 1.54) is 23.3 Å². The Morgan fingerprint density at radius 2 is 1.76 bits per heavy atom. The summed E-state index contributed by atoms with van der Waals surface area (Å²) < 4.78 is 51.8. The first kappa shape index (κ1) is 36.1. The molecule has 1 aliphatic carbocycles. The SMILES string of the molecule is COc1cc(CC(=O)N2C[C@@H](N3CCN(CC(F)(F)F)CC3)C[C@H]2CO[C@H]2CC[C@H](C(=O)O)CC2)ccc1NC(=O)c1csc2ccccc12. The number of carbonyl (C=O) groups excluding carboxylic acids is 2. The molecule has 6 rings (SSSR count). The number of likely N-dealkylation sites (tertiary alicyclic amines) is 1. The number of thiophene rings is 1. The van der Waals surface area contributed by atoms with Gasteiger partial charge >= 0.3 is 12.1 Å². The Hall–Kier alpha value is -3.72. The number of nitrogens with zero attached hydrogens (tertiary/aromatic N) is 3. The summed E-state index contributed by atoms with van der Waals surface area (Å²) in [6, 6.07) is 12.7. The molecule has 1 saturated carbocycles. The summed E-state index contributed by atoms with van der Waals surface area (Å²) in [5, 5.41) is 15.0. The molecular formula is C36H43F3N4O6S. The van der Waals surface area contributed by atoms with Crippen LogP contribution in [-0.2, 0) is 20.7 Å². The average molecular weight is 717 g/mol. The van der Waals surface area contributed by atoms with Gasteiger partial charge in [0.05, 0.1) is 56.0 Å². The smallest absolute Gasteiger partial charge is 0.401 e. The molecule has 0 radical (unpaired) electrons. The lowest BCUT2D eigenvalue weighted by atomic mass is 9.87. The van der Waals surface area contributed by atoms with Crippen molar-refractivity contribution < 1.29 is 42.1 Å². The summed E-state index contributed by atoms with van der Waals surface area (Å²) in [5.74, 6) is -1.07. The Kier molecular flexibility index (Phi) is 11.3. The number of methoxy groups -OCH3 is 1. The lowest BCUT2D eigenvalue weighted by molar-refractivity contribution is -0.150. The fraction of sp³-hybridized carbons (Fsp3) is 0.528. The van der Waals surface area contributed by atoms with Gasteiger partial charge in [-0.2, -0.15) is 13.2 Å². The number of benzene rings is 2. The third-order valence-electron chi connectivity index (χ3n) is 10.2. The van der Waals surface area contributed by atoms with E-state index in [2.05, 4.69) is 10.2 Å². The zero-order chi connectivity index (χ0) is 35.4. The number of fused-ring (bicyclic) bond motifs is 1. The van der Waals surface area contributed by atoms with Gasteiger partial charge in [-0.3, -0.25) is 24.2 Å². The van der Waals surface area contributed by atoms with E-state index in [-0.39, 0.29) is 42.3 Å². The molecule has 2 aromatic carbocycles. The number of piperazine rings is 1. The standard InChI is InChI=1S/C36H43F3N4O6S/c1-48-31-16-23(6-11-30(31)40-34(45)29-21-50-32-5-3-2-4-28(29)32)17-33(44)43-19-25(42-14-12-41(13-15-42)22-36(37,38)39)18-26(43)20-49-27-9-7-24(8-10-27)35(46)47/h2-6,11,16,21,24-27H,7-10,12-15,17-20,22H2,1H3,(H,40,45)(H,46,47)/t24-,25-,26-,27-/m0/s1. The lowest BCUT2D eigenvalue weighted by Crippen LogP contribution is -2.52. The summed E-state index contributed by atoms with van der Waals surface area (Å²) >= 11 is 1.50. The van der Waals surface area contributed by atoms with Crippen LogP contribution < -0.4 is 10.1 Å². The Balaban J connectivity index is 1.11. The van der Waals surface area contributed by atoms with Crippen LogP contribution in [0.3, 0.4) is 0 Å². The van der Waals surface area contributed by atoms with Crippen molar-refractivity contribution >= 4 is 44.9 Å².